The first-order valence-electron chi connectivity index (χ1n) is 17.9. The predicted octanol–water partition coefficient (Wildman–Crippen LogP) is 12.0. The second-order valence-corrected chi connectivity index (χ2v) is 15.6. The summed E-state index contributed by atoms with van der Waals surface area (Å²) in [6.07, 6.45) is 0. The normalized spacial score (nSPS) is 11.7. The Bertz CT molecular complexity index is 3230. The van der Waals surface area contributed by atoms with Gasteiger partial charge in [0.1, 0.15) is 11.2 Å². The van der Waals surface area contributed by atoms with Crippen LogP contribution in [0.2, 0.25) is 0 Å². The number of hydrogen-bond acceptors (Lipinski definition) is 5. The summed E-state index contributed by atoms with van der Waals surface area (Å²) in [5, 5.41) is 7.07. The van der Waals surface area contributed by atoms with E-state index in [0.717, 1.165) is 55.3 Å². The van der Waals surface area contributed by atoms with E-state index in [1.54, 1.807) is 0 Å². The van der Waals surface area contributed by atoms with Crippen molar-refractivity contribution in [2.75, 3.05) is 0 Å². The zero-order valence-electron chi connectivity index (χ0n) is 28.8. The molecular formula is C48H28N4OSe. The van der Waals surface area contributed by atoms with E-state index >= 15 is 0 Å². The van der Waals surface area contributed by atoms with E-state index in [-0.39, 0.29) is 14.5 Å². The molecule has 0 N–H and O–H groups in total. The average Bonchev–Trinajstić information content (AvgIpc) is 3.85. The molecular weight excluding hydrogens is 728 g/mol. The molecule has 3 heterocycles. The van der Waals surface area contributed by atoms with Crippen LogP contribution in [0.25, 0.3) is 109 Å². The molecule has 0 spiro atoms. The maximum atomic E-state index is 6.12. The SMILES string of the molecule is c1ccc(-c2nc(-c3cccc(-c4ccc5ccc6nc(-c7cccc8ccccc78)[se]c6c5c4)c3)nc(-c3ccc4oc5ccccc5c4c3)n2)cc1. The van der Waals surface area contributed by atoms with Gasteiger partial charge >= 0.3 is 243 Å². The fourth-order valence-corrected chi connectivity index (χ4v) is 9.84. The minimum absolute atomic E-state index is 0.0698. The summed E-state index contributed by atoms with van der Waals surface area (Å²) in [6.45, 7) is 0. The standard InChI is InChI=1S/C48H28N4OSe/c1-2-11-31(12-3-1)45-50-46(52-47(51-45)35-23-25-43-40(28-35)37-17-6-7-19-42(37)53-43)34-15-8-14-32(26-34)33-21-20-30-22-24-41-44(39(30)27-33)54-48(49-41)38-18-9-13-29-10-4-5-16-36(29)38/h1-28H. The van der Waals surface area contributed by atoms with Crippen molar-refractivity contribution >= 4 is 67.8 Å². The van der Waals surface area contributed by atoms with Crippen LogP contribution in [0.5, 0.6) is 0 Å². The zero-order valence-corrected chi connectivity index (χ0v) is 30.5. The van der Waals surface area contributed by atoms with Gasteiger partial charge in [-0.2, -0.15) is 0 Å². The number of hydrogen-bond donors (Lipinski definition) is 0. The third kappa shape index (κ3) is 5.23. The molecule has 54 heavy (non-hydrogen) atoms. The summed E-state index contributed by atoms with van der Waals surface area (Å²) in [6, 6.07) is 59.1. The molecule has 0 aliphatic heterocycles. The van der Waals surface area contributed by atoms with Crippen molar-refractivity contribution in [3.8, 4) is 55.4 Å². The van der Waals surface area contributed by atoms with Gasteiger partial charge in [-0.05, 0) is 12.1 Å². The topological polar surface area (TPSA) is 64.7 Å². The van der Waals surface area contributed by atoms with Gasteiger partial charge in [-0.1, -0.05) is 36.4 Å². The monoisotopic (exact) mass is 756 g/mol. The van der Waals surface area contributed by atoms with Gasteiger partial charge in [0.2, 0.25) is 0 Å². The fourth-order valence-electron chi connectivity index (χ4n) is 7.46. The molecule has 0 saturated carbocycles. The Hall–Kier alpha value is -6.72. The molecule has 0 unspecified atom stereocenters. The fraction of sp³-hybridized carbons (Fsp3) is 0. The van der Waals surface area contributed by atoms with Crippen LogP contribution < -0.4 is 0 Å². The molecule has 0 aliphatic rings. The summed E-state index contributed by atoms with van der Waals surface area (Å²) < 4.78 is 8.62. The van der Waals surface area contributed by atoms with Gasteiger partial charge in [0.25, 0.3) is 0 Å². The zero-order chi connectivity index (χ0) is 35.6. The van der Waals surface area contributed by atoms with Crippen molar-refractivity contribution in [1.82, 2.24) is 19.9 Å². The average molecular weight is 756 g/mol. The van der Waals surface area contributed by atoms with Crippen molar-refractivity contribution in [1.29, 1.82) is 0 Å². The summed E-state index contributed by atoms with van der Waals surface area (Å²) in [5.41, 5.74) is 9.00. The van der Waals surface area contributed by atoms with Crippen LogP contribution >= 0.6 is 0 Å². The van der Waals surface area contributed by atoms with Crippen LogP contribution in [0, 0.1) is 0 Å². The second-order valence-electron chi connectivity index (χ2n) is 13.5. The number of para-hydroxylation sites is 1. The first kappa shape index (κ1) is 30.9. The Morgan fingerprint density at radius 3 is 1.85 bits per heavy atom. The van der Waals surface area contributed by atoms with Crippen molar-refractivity contribution in [3.05, 3.63) is 170 Å². The van der Waals surface area contributed by atoms with Gasteiger partial charge in [-0.25, -0.2) is 0 Å². The second kappa shape index (κ2) is 12.5. The molecule has 0 fully saturated rings. The van der Waals surface area contributed by atoms with Crippen LogP contribution in [0.1, 0.15) is 0 Å². The van der Waals surface area contributed by atoms with E-state index in [2.05, 4.69) is 109 Å². The molecule has 6 heteroatoms. The smallest absolute Gasteiger partial charge is 0.0615 e. The van der Waals surface area contributed by atoms with Crippen LogP contribution in [-0.2, 0) is 0 Å². The molecule has 0 saturated heterocycles. The van der Waals surface area contributed by atoms with E-state index < -0.39 is 0 Å². The quantitative estimate of drug-likeness (QED) is 0.164. The van der Waals surface area contributed by atoms with Gasteiger partial charge in [0, 0.05) is 10.8 Å². The Balaban J connectivity index is 1.03. The third-order valence-corrected chi connectivity index (χ3v) is 12.5. The maximum absolute atomic E-state index is 6.12. The molecule has 252 valence electrons. The van der Waals surface area contributed by atoms with Crippen LogP contribution in [0.3, 0.4) is 0 Å². The van der Waals surface area contributed by atoms with Crippen LogP contribution in [0.15, 0.2) is 174 Å². The van der Waals surface area contributed by atoms with Gasteiger partial charge in [0.15, 0.2) is 0 Å². The van der Waals surface area contributed by atoms with E-state index in [1.807, 2.05) is 60.7 Å². The first-order valence-corrected chi connectivity index (χ1v) is 19.6. The molecule has 8 aromatic carbocycles. The van der Waals surface area contributed by atoms with Crippen molar-refractivity contribution < 1.29 is 4.42 Å². The Morgan fingerprint density at radius 1 is 0.370 bits per heavy atom. The van der Waals surface area contributed by atoms with E-state index in [9.17, 15) is 0 Å². The molecule has 5 nitrogen and oxygen atoms in total. The molecule has 0 radical (unpaired) electrons. The molecule has 3 aromatic heterocycles. The molecule has 0 amide bonds. The number of aromatic nitrogens is 4. The molecule has 0 bridgehead atoms. The van der Waals surface area contributed by atoms with Gasteiger partial charge < -0.3 is 4.42 Å². The van der Waals surface area contributed by atoms with Gasteiger partial charge in [-0.3, -0.25) is 0 Å². The molecule has 0 aliphatic carbocycles. The number of fused-ring (bicyclic) bond motifs is 7. The predicted molar refractivity (Wildman–Crippen MR) is 222 cm³/mol. The minimum atomic E-state index is 0.0698. The Labute approximate surface area is 316 Å². The number of furan rings is 1. The first-order chi connectivity index (χ1) is 26.7. The van der Waals surface area contributed by atoms with E-state index in [0.29, 0.717) is 17.5 Å². The number of rotatable bonds is 5. The van der Waals surface area contributed by atoms with Gasteiger partial charge in [0.05, 0.1) is 0 Å². The number of benzene rings is 8. The Kier molecular flexibility index (Phi) is 7.12. The van der Waals surface area contributed by atoms with Crippen molar-refractivity contribution in [2.45, 2.75) is 0 Å². The van der Waals surface area contributed by atoms with Crippen LogP contribution in [-0.4, -0.2) is 34.4 Å². The Morgan fingerprint density at radius 2 is 0.963 bits per heavy atom. The summed E-state index contributed by atoms with van der Waals surface area (Å²) in [4.78, 5) is 20.3. The number of nitrogens with zero attached hydrogens (tertiary/aromatic N) is 4. The van der Waals surface area contributed by atoms with Crippen molar-refractivity contribution in [3.63, 3.8) is 0 Å². The van der Waals surface area contributed by atoms with E-state index in [1.165, 1.54) is 35.9 Å². The van der Waals surface area contributed by atoms with Crippen molar-refractivity contribution in [2.24, 2.45) is 0 Å². The molecule has 11 aromatic rings. The van der Waals surface area contributed by atoms with Gasteiger partial charge in [-0.15, -0.1) is 0 Å². The minimum Gasteiger partial charge on any atom is -0.0615 e. The molecule has 11 rings (SSSR count). The third-order valence-electron chi connectivity index (χ3n) is 10.1. The molecule has 0 atom stereocenters. The van der Waals surface area contributed by atoms with E-state index in [4.69, 9.17) is 24.4 Å². The summed E-state index contributed by atoms with van der Waals surface area (Å²) >= 11 is 0.0698. The summed E-state index contributed by atoms with van der Waals surface area (Å²) in [7, 11) is 0. The summed E-state index contributed by atoms with van der Waals surface area (Å²) in [5.74, 6) is 1.86. The van der Waals surface area contributed by atoms with Crippen LogP contribution in [0.4, 0.5) is 0 Å².